The average Bonchev–Trinajstić information content (AvgIpc) is 3.24. The van der Waals surface area contributed by atoms with Crippen molar-refractivity contribution in [3.63, 3.8) is 0 Å². The van der Waals surface area contributed by atoms with Crippen molar-refractivity contribution in [1.29, 1.82) is 0 Å². The molecule has 0 bridgehead atoms. The number of aromatic nitrogens is 4. The fourth-order valence-electron chi connectivity index (χ4n) is 3.25. The van der Waals surface area contributed by atoms with Crippen LogP contribution < -0.4 is 0 Å². The summed E-state index contributed by atoms with van der Waals surface area (Å²) in [6.45, 7) is 2.31. The normalized spacial score (nSPS) is 11.1. The van der Waals surface area contributed by atoms with E-state index in [1.807, 2.05) is 36.8 Å². The van der Waals surface area contributed by atoms with Crippen LogP contribution in [-0.4, -0.2) is 25.5 Å². The Balaban J connectivity index is 1.65. The monoisotopic (exact) mass is 344 g/mol. The molecule has 0 atom stereocenters. The lowest BCUT2D eigenvalue weighted by molar-refractivity contribution is -0.116. The van der Waals surface area contributed by atoms with Crippen molar-refractivity contribution in [3.05, 3.63) is 83.6 Å². The summed E-state index contributed by atoms with van der Waals surface area (Å²) in [5, 5.41) is 8.12. The summed E-state index contributed by atoms with van der Waals surface area (Å²) in [4.78, 5) is 16.4. The molecule has 0 aliphatic carbocycles. The van der Waals surface area contributed by atoms with Crippen molar-refractivity contribution in [1.82, 2.24) is 19.7 Å². The van der Waals surface area contributed by atoms with Gasteiger partial charge in [-0.15, -0.1) is 0 Å². The van der Waals surface area contributed by atoms with Gasteiger partial charge in [0.15, 0.2) is 0 Å². The molecule has 1 N–H and O–H groups in total. The molecule has 2 heterocycles. The van der Waals surface area contributed by atoms with E-state index in [0.29, 0.717) is 13.0 Å². The van der Waals surface area contributed by atoms with Crippen LogP contribution in [0, 0.1) is 0 Å². The number of fused-ring (bicyclic) bond motifs is 1. The van der Waals surface area contributed by atoms with Crippen molar-refractivity contribution >= 4 is 16.7 Å². The molecule has 5 heteroatoms. The van der Waals surface area contributed by atoms with Gasteiger partial charge in [0.05, 0.1) is 23.7 Å². The Morgan fingerprint density at radius 1 is 1.12 bits per heavy atom. The fraction of sp³-hybridized carbons (Fsp3) is 0.190. The van der Waals surface area contributed by atoms with Crippen LogP contribution in [0.3, 0.4) is 0 Å². The molecule has 4 aromatic rings. The number of aromatic amines is 1. The highest BCUT2D eigenvalue weighted by Gasteiger charge is 2.14. The predicted octanol–water partition coefficient (Wildman–Crippen LogP) is 3.53. The molecule has 2 aromatic carbocycles. The second kappa shape index (κ2) is 6.96. The summed E-state index contributed by atoms with van der Waals surface area (Å²) in [6, 6.07) is 16.5. The van der Waals surface area contributed by atoms with Crippen molar-refractivity contribution in [2.24, 2.45) is 0 Å². The smallest absolute Gasteiger partial charge is 0.135 e. The number of imidazole rings is 1. The number of hydrogen-bond acceptors (Lipinski definition) is 3. The molecule has 2 aromatic heterocycles. The number of nitrogens with zero attached hydrogens (tertiary/aromatic N) is 3. The molecule has 0 radical (unpaired) electrons. The molecule has 4 rings (SSSR count). The quantitative estimate of drug-likeness (QED) is 0.582. The first-order valence-electron chi connectivity index (χ1n) is 8.67. The van der Waals surface area contributed by atoms with E-state index in [1.165, 1.54) is 5.56 Å². The first-order chi connectivity index (χ1) is 12.7. The van der Waals surface area contributed by atoms with Crippen molar-refractivity contribution < 1.29 is 4.79 Å². The number of rotatable bonds is 6. The summed E-state index contributed by atoms with van der Waals surface area (Å²) in [6.07, 6.45) is 4.80. The van der Waals surface area contributed by atoms with Crippen LogP contribution in [0.5, 0.6) is 0 Å². The Hall–Kier alpha value is -3.21. The molecule has 0 saturated heterocycles. The SMILES string of the molecule is CC(=O)Cc1c(Cc2ccccc2)ncn1Cc1ccc2[nH]ncc2c1. The zero-order valence-electron chi connectivity index (χ0n) is 14.6. The number of benzene rings is 2. The average molecular weight is 344 g/mol. The largest absolute Gasteiger partial charge is 0.329 e. The molecule has 0 fully saturated rings. The van der Waals surface area contributed by atoms with Crippen LogP contribution >= 0.6 is 0 Å². The number of nitrogens with one attached hydrogen (secondary N) is 1. The van der Waals surface area contributed by atoms with E-state index in [0.717, 1.165) is 34.3 Å². The second-order valence-electron chi connectivity index (χ2n) is 6.60. The molecule has 0 saturated carbocycles. The van der Waals surface area contributed by atoms with Crippen LogP contribution in [0.15, 0.2) is 61.1 Å². The van der Waals surface area contributed by atoms with Crippen molar-refractivity contribution in [2.45, 2.75) is 26.3 Å². The van der Waals surface area contributed by atoms with Gasteiger partial charge in [0.25, 0.3) is 0 Å². The minimum atomic E-state index is 0.145. The second-order valence-corrected chi connectivity index (χ2v) is 6.60. The summed E-state index contributed by atoms with van der Waals surface area (Å²) < 4.78 is 2.08. The van der Waals surface area contributed by atoms with Gasteiger partial charge in [-0.05, 0) is 30.2 Å². The minimum absolute atomic E-state index is 0.145. The number of carbonyl (C=O) groups excluding carboxylic acids is 1. The number of hydrogen-bond donors (Lipinski definition) is 1. The lowest BCUT2D eigenvalue weighted by atomic mass is 10.1. The third-order valence-corrected chi connectivity index (χ3v) is 4.52. The molecule has 26 heavy (non-hydrogen) atoms. The maximum atomic E-state index is 11.8. The van der Waals surface area contributed by atoms with Gasteiger partial charge in [0, 0.05) is 30.5 Å². The van der Waals surface area contributed by atoms with E-state index in [1.54, 1.807) is 6.92 Å². The Morgan fingerprint density at radius 3 is 2.77 bits per heavy atom. The van der Waals surface area contributed by atoms with Crippen LogP contribution in [0.4, 0.5) is 0 Å². The molecule has 0 aliphatic rings. The maximum Gasteiger partial charge on any atom is 0.135 e. The van der Waals surface area contributed by atoms with Crippen molar-refractivity contribution in [2.75, 3.05) is 0 Å². The number of carbonyl (C=O) groups is 1. The molecule has 0 unspecified atom stereocenters. The van der Waals surface area contributed by atoms with E-state index < -0.39 is 0 Å². The Morgan fingerprint density at radius 2 is 1.96 bits per heavy atom. The Bertz CT molecular complexity index is 1050. The summed E-state index contributed by atoms with van der Waals surface area (Å²) in [7, 11) is 0. The lowest BCUT2D eigenvalue weighted by Gasteiger charge is -2.10. The van der Waals surface area contributed by atoms with Gasteiger partial charge in [-0.3, -0.25) is 9.89 Å². The first kappa shape index (κ1) is 16.3. The van der Waals surface area contributed by atoms with Crippen LogP contribution in [0.1, 0.15) is 29.4 Å². The third kappa shape index (κ3) is 3.42. The topological polar surface area (TPSA) is 63.6 Å². The van der Waals surface area contributed by atoms with Crippen molar-refractivity contribution in [3.8, 4) is 0 Å². The van der Waals surface area contributed by atoms with E-state index in [-0.39, 0.29) is 5.78 Å². The zero-order valence-corrected chi connectivity index (χ0v) is 14.6. The molecule has 0 amide bonds. The van der Waals surface area contributed by atoms with E-state index in [4.69, 9.17) is 0 Å². The van der Waals surface area contributed by atoms with Crippen LogP contribution in [-0.2, 0) is 24.2 Å². The first-order valence-corrected chi connectivity index (χ1v) is 8.67. The Labute approximate surface area is 151 Å². The predicted molar refractivity (Wildman–Crippen MR) is 101 cm³/mol. The van der Waals surface area contributed by atoms with E-state index in [2.05, 4.69) is 44.0 Å². The van der Waals surface area contributed by atoms with Gasteiger partial charge in [0.2, 0.25) is 0 Å². The van der Waals surface area contributed by atoms with Gasteiger partial charge in [-0.25, -0.2) is 4.98 Å². The molecule has 0 spiro atoms. The molecular weight excluding hydrogens is 324 g/mol. The van der Waals surface area contributed by atoms with Gasteiger partial charge >= 0.3 is 0 Å². The standard InChI is InChI=1S/C21H20N4O/c1-15(26)9-21-20(11-16-5-3-2-4-6-16)22-14-25(21)13-17-7-8-19-18(10-17)12-23-24-19/h2-8,10,12,14H,9,11,13H2,1H3,(H,23,24). The summed E-state index contributed by atoms with van der Waals surface area (Å²) in [5.74, 6) is 0.145. The van der Waals surface area contributed by atoms with Crippen LogP contribution in [0.2, 0.25) is 0 Å². The number of Topliss-reactive ketones (excluding diaryl/α,β-unsaturated/α-hetero) is 1. The number of H-pyrrole nitrogens is 1. The highest BCUT2D eigenvalue weighted by Crippen LogP contribution is 2.18. The van der Waals surface area contributed by atoms with Gasteiger partial charge in [0.1, 0.15) is 5.78 Å². The highest BCUT2D eigenvalue weighted by atomic mass is 16.1. The van der Waals surface area contributed by atoms with Gasteiger partial charge < -0.3 is 4.57 Å². The van der Waals surface area contributed by atoms with Crippen LogP contribution in [0.25, 0.3) is 10.9 Å². The zero-order chi connectivity index (χ0) is 17.9. The summed E-state index contributed by atoms with van der Waals surface area (Å²) >= 11 is 0. The molecule has 0 aliphatic heterocycles. The van der Waals surface area contributed by atoms with E-state index in [9.17, 15) is 4.79 Å². The number of ketones is 1. The minimum Gasteiger partial charge on any atom is -0.329 e. The lowest BCUT2D eigenvalue weighted by Crippen LogP contribution is -2.09. The van der Waals surface area contributed by atoms with Gasteiger partial charge in [-0.1, -0.05) is 36.4 Å². The van der Waals surface area contributed by atoms with Gasteiger partial charge in [-0.2, -0.15) is 5.10 Å². The molecular formula is C21H20N4O. The summed E-state index contributed by atoms with van der Waals surface area (Å²) in [5.41, 5.74) is 5.34. The molecule has 5 nitrogen and oxygen atoms in total. The Kier molecular flexibility index (Phi) is 4.35. The third-order valence-electron chi connectivity index (χ3n) is 4.52. The van der Waals surface area contributed by atoms with E-state index >= 15 is 0 Å². The molecule has 130 valence electrons. The highest BCUT2D eigenvalue weighted by molar-refractivity contribution is 5.79. The fourth-order valence-corrected chi connectivity index (χ4v) is 3.25. The maximum absolute atomic E-state index is 11.8.